The van der Waals surface area contributed by atoms with E-state index in [0.29, 0.717) is 23.6 Å². The highest BCUT2D eigenvalue weighted by atomic mass is 16.5. The van der Waals surface area contributed by atoms with Gasteiger partial charge in [0.25, 0.3) is 0 Å². The Morgan fingerprint density at radius 1 is 1.44 bits per heavy atom. The van der Waals surface area contributed by atoms with Crippen LogP contribution in [0.4, 0.5) is 5.69 Å². The summed E-state index contributed by atoms with van der Waals surface area (Å²) >= 11 is 0. The SMILES string of the molecule is C=CCOc1cc(=O)oc2cc(N)ccc12. The molecule has 0 spiro atoms. The van der Waals surface area contributed by atoms with Crippen LogP contribution in [0.3, 0.4) is 0 Å². The van der Waals surface area contributed by atoms with Crippen LogP contribution in [-0.2, 0) is 0 Å². The standard InChI is InChI=1S/C12H11NO3/c1-2-5-15-10-7-12(14)16-11-6-8(13)3-4-9(10)11/h2-4,6-7H,1,5,13H2. The average molecular weight is 217 g/mol. The van der Waals surface area contributed by atoms with Crippen molar-refractivity contribution in [1.82, 2.24) is 0 Å². The molecule has 2 aromatic rings. The monoisotopic (exact) mass is 217 g/mol. The molecule has 0 saturated heterocycles. The lowest BCUT2D eigenvalue weighted by Gasteiger charge is -2.06. The Hall–Kier alpha value is -2.23. The first kappa shape index (κ1) is 10.3. The fourth-order valence-electron chi connectivity index (χ4n) is 1.42. The molecule has 0 bridgehead atoms. The number of nitrogen functional groups attached to an aromatic ring is 1. The molecule has 0 aliphatic rings. The zero-order valence-corrected chi connectivity index (χ0v) is 8.60. The smallest absolute Gasteiger partial charge is 0.339 e. The van der Waals surface area contributed by atoms with E-state index in [0.717, 1.165) is 5.39 Å². The lowest BCUT2D eigenvalue weighted by molar-refractivity contribution is 0.363. The third-order valence-electron chi connectivity index (χ3n) is 2.09. The van der Waals surface area contributed by atoms with Gasteiger partial charge in [-0.3, -0.25) is 0 Å². The quantitative estimate of drug-likeness (QED) is 0.484. The van der Waals surface area contributed by atoms with Crippen molar-refractivity contribution in [3.63, 3.8) is 0 Å². The number of nitrogens with two attached hydrogens (primary N) is 1. The van der Waals surface area contributed by atoms with Crippen LogP contribution < -0.4 is 16.1 Å². The van der Waals surface area contributed by atoms with Crippen LogP contribution in [0.25, 0.3) is 11.0 Å². The molecule has 1 heterocycles. The van der Waals surface area contributed by atoms with Crippen molar-refractivity contribution < 1.29 is 9.15 Å². The molecule has 0 fully saturated rings. The summed E-state index contributed by atoms with van der Waals surface area (Å²) in [6, 6.07) is 6.38. The van der Waals surface area contributed by atoms with Crippen molar-refractivity contribution in [3.05, 3.63) is 47.3 Å². The molecule has 0 saturated carbocycles. The van der Waals surface area contributed by atoms with Gasteiger partial charge in [-0.05, 0) is 12.1 Å². The zero-order chi connectivity index (χ0) is 11.5. The highest BCUT2D eigenvalue weighted by molar-refractivity contribution is 5.85. The van der Waals surface area contributed by atoms with E-state index in [4.69, 9.17) is 14.9 Å². The Morgan fingerprint density at radius 2 is 2.25 bits per heavy atom. The summed E-state index contributed by atoms with van der Waals surface area (Å²) < 4.78 is 10.4. The van der Waals surface area contributed by atoms with Gasteiger partial charge in [-0.2, -0.15) is 0 Å². The molecule has 4 heteroatoms. The van der Waals surface area contributed by atoms with Gasteiger partial charge in [0.1, 0.15) is 17.9 Å². The average Bonchev–Trinajstić information content (AvgIpc) is 2.25. The highest BCUT2D eigenvalue weighted by Crippen LogP contribution is 2.25. The molecule has 0 amide bonds. The summed E-state index contributed by atoms with van der Waals surface area (Å²) in [5, 5.41) is 0.718. The zero-order valence-electron chi connectivity index (χ0n) is 8.60. The molecule has 1 aromatic heterocycles. The molecule has 82 valence electrons. The second-order valence-electron chi connectivity index (χ2n) is 3.28. The van der Waals surface area contributed by atoms with Gasteiger partial charge in [-0.15, -0.1) is 0 Å². The van der Waals surface area contributed by atoms with Gasteiger partial charge in [-0.25, -0.2) is 4.79 Å². The van der Waals surface area contributed by atoms with E-state index in [2.05, 4.69) is 6.58 Å². The van der Waals surface area contributed by atoms with Crippen LogP contribution in [0.5, 0.6) is 5.75 Å². The van der Waals surface area contributed by atoms with Crippen LogP contribution in [0.1, 0.15) is 0 Å². The number of ether oxygens (including phenoxy) is 1. The first-order valence-corrected chi connectivity index (χ1v) is 4.78. The number of anilines is 1. The van der Waals surface area contributed by atoms with E-state index < -0.39 is 5.63 Å². The maximum Gasteiger partial charge on any atom is 0.339 e. The Balaban J connectivity index is 2.63. The minimum absolute atomic E-state index is 0.336. The Bertz CT molecular complexity index is 586. The first-order chi connectivity index (χ1) is 7.70. The van der Waals surface area contributed by atoms with Gasteiger partial charge in [0.05, 0.1) is 11.5 Å². The summed E-state index contributed by atoms with van der Waals surface area (Å²) in [7, 11) is 0. The van der Waals surface area contributed by atoms with Crippen LogP contribution >= 0.6 is 0 Å². The predicted octanol–water partition coefficient (Wildman–Crippen LogP) is 1.94. The van der Waals surface area contributed by atoms with Crippen molar-refractivity contribution in [2.45, 2.75) is 0 Å². The molecular weight excluding hydrogens is 206 g/mol. The highest BCUT2D eigenvalue weighted by Gasteiger charge is 2.06. The summed E-state index contributed by atoms with van der Waals surface area (Å²) in [6.45, 7) is 3.88. The molecule has 0 radical (unpaired) electrons. The van der Waals surface area contributed by atoms with Crippen molar-refractivity contribution in [1.29, 1.82) is 0 Å². The molecule has 2 rings (SSSR count). The first-order valence-electron chi connectivity index (χ1n) is 4.78. The molecule has 16 heavy (non-hydrogen) atoms. The molecule has 0 aliphatic carbocycles. The molecular formula is C12H11NO3. The number of hydrogen-bond donors (Lipinski definition) is 1. The molecule has 0 atom stereocenters. The Kier molecular flexibility index (Phi) is 2.64. The second-order valence-corrected chi connectivity index (χ2v) is 3.28. The maximum absolute atomic E-state index is 11.3. The van der Waals surface area contributed by atoms with Gasteiger partial charge in [0.15, 0.2) is 0 Å². The number of rotatable bonds is 3. The minimum Gasteiger partial charge on any atom is -0.489 e. The molecule has 0 unspecified atom stereocenters. The predicted molar refractivity (Wildman–Crippen MR) is 62.6 cm³/mol. The number of hydrogen-bond acceptors (Lipinski definition) is 4. The van der Waals surface area contributed by atoms with E-state index in [-0.39, 0.29) is 0 Å². The number of fused-ring (bicyclic) bond motifs is 1. The van der Waals surface area contributed by atoms with Gasteiger partial charge in [0, 0.05) is 11.8 Å². The topological polar surface area (TPSA) is 65.5 Å². The van der Waals surface area contributed by atoms with Crippen LogP contribution in [0.2, 0.25) is 0 Å². The van der Waals surface area contributed by atoms with Crippen LogP contribution in [0.15, 0.2) is 46.1 Å². The Morgan fingerprint density at radius 3 is 3.00 bits per heavy atom. The van der Waals surface area contributed by atoms with Gasteiger partial charge in [-0.1, -0.05) is 12.7 Å². The fourth-order valence-corrected chi connectivity index (χ4v) is 1.42. The maximum atomic E-state index is 11.3. The van der Waals surface area contributed by atoms with E-state index >= 15 is 0 Å². The van der Waals surface area contributed by atoms with Crippen LogP contribution in [-0.4, -0.2) is 6.61 Å². The lowest BCUT2D eigenvalue weighted by atomic mass is 10.2. The van der Waals surface area contributed by atoms with E-state index in [1.165, 1.54) is 6.07 Å². The van der Waals surface area contributed by atoms with Crippen molar-refractivity contribution >= 4 is 16.7 Å². The molecule has 0 aliphatic heterocycles. The normalized spacial score (nSPS) is 10.2. The molecule has 2 N–H and O–H groups in total. The summed E-state index contributed by atoms with van der Waals surface area (Å²) in [4.78, 5) is 11.3. The summed E-state index contributed by atoms with van der Waals surface area (Å²) in [5.41, 5.74) is 6.11. The third kappa shape index (κ3) is 1.91. The third-order valence-corrected chi connectivity index (χ3v) is 2.09. The van der Waals surface area contributed by atoms with Crippen molar-refractivity contribution in [2.24, 2.45) is 0 Å². The second kappa shape index (κ2) is 4.10. The van der Waals surface area contributed by atoms with E-state index in [1.54, 1.807) is 24.3 Å². The molecule has 1 aromatic carbocycles. The summed E-state index contributed by atoms with van der Waals surface area (Å²) in [5.74, 6) is 0.478. The minimum atomic E-state index is -0.461. The van der Waals surface area contributed by atoms with Gasteiger partial charge >= 0.3 is 5.63 Å². The van der Waals surface area contributed by atoms with E-state index in [1.807, 2.05) is 0 Å². The van der Waals surface area contributed by atoms with Gasteiger partial charge < -0.3 is 14.9 Å². The lowest BCUT2D eigenvalue weighted by Crippen LogP contribution is -2.01. The van der Waals surface area contributed by atoms with Gasteiger partial charge in [0.2, 0.25) is 0 Å². The van der Waals surface area contributed by atoms with Crippen LogP contribution in [0, 0.1) is 0 Å². The largest absolute Gasteiger partial charge is 0.489 e. The molecule has 4 nitrogen and oxygen atoms in total. The number of benzene rings is 1. The van der Waals surface area contributed by atoms with Crippen molar-refractivity contribution in [2.75, 3.05) is 12.3 Å². The summed E-state index contributed by atoms with van der Waals surface area (Å²) in [6.07, 6.45) is 1.61. The Labute approximate surface area is 91.9 Å². The fraction of sp³-hybridized carbons (Fsp3) is 0.0833. The van der Waals surface area contributed by atoms with Crippen molar-refractivity contribution in [3.8, 4) is 5.75 Å². The van der Waals surface area contributed by atoms with E-state index in [9.17, 15) is 4.79 Å².